The lowest BCUT2D eigenvalue weighted by Crippen LogP contribution is -1.99. The van der Waals surface area contributed by atoms with E-state index in [1.807, 2.05) is 19.3 Å². The van der Waals surface area contributed by atoms with E-state index in [-0.39, 0.29) is 0 Å². The third kappa shape index (κ3) is 2.63. The Bertz CT molecular complexity index is 707. The van der Waals surface area contributed by atoms with Crippen LogP contribution in [-0.4, -0.2) is 24.7 Å². The summed E-state index contributed by atoms with van der Waals surface area (Å²) in [7, 11) is 1.84. The molecule has 0 amide bonds. The van der Waals surface area contributed by atoms with Crippen LogP contribution < -0.4 is 5.32 Å². The molecule has 7 nitrogen and oxygen atoms in total. The van der Waals surface area contributed by atoms with Gasteiger partial charge >= 0.3 is 0 Å². The summed E-state index contributed by atoms with van der Waals surface area (Å²) in [5.74, 6) is 1.54. The van der Waals surface area contributed by atoms with Crippen molar-refractivity contribution in [2.24, 2.45) is 7.05 Å². The fourth-order valence-corrected chi connectivity index (χ4v) is 1.76. The maximum absolute atomic E-state index is 5.26. The molecule has 1 N–H and O–H groups in total. The summed E-state index contributed by atoms with van der Waals surface area (Å²) < 4.78 is 7.58. The van der Waals surface area contributed by atoms with Crippen molar-refractivity contribution >= 4 is 27.7 Å². The third-order valence-electron chi connectivity index (χ3n) is 2.30. The van der Waals surface area contributed by atoms with E-state index in [0.717, 1.165) is 0 Å². The smallest absolute Gasteiger partial charge is 0.246 e. The highest BCUT2D eigenvalue weighted by Crippen LogP contribution is 2.20. The molecular weight excluding hydrogens is 312 g/mol. The lowest BCUT2D eigenvalue weighted by molar-refractivity contribution is 0.571. The minimum atomic E-state index is 0.429. The number of nitrogens with one attached hydrogen (secondary N) is 1. The van der Waals surface area contributed by atoms with Gasteiger partial charge in [-0.1, -0.05) is 0 Å². The van der Waals surface area contributed by atoms with E-state index in [1.54, 1.807) is 16.9 Å². The molecule has 3 aromatic rings. The maximum Gasteiger partial charge on any atom is 0.246 e. The number of oxazole rings is 1. The molecule has 0 saturated heterocycles. The van der Waals surface area contributed by atoms with Gasteiger partial charge in [-0.3, -0.25) is 4.68 Å². The molecule has 0 radical (unpaired) electrons. The number of hydrogen-bond donors (Lipinski definition) is 1. The predicted octanol–water partition coefficient (Wildman–Crippen LogP) is 2.37. The van der Waals surface area contributed by atoms with E-state index in [4.69, 9.17) is 4.42 Å². The van der Waals surface area contributed by atoms with Gasteiger partial charge in [0.25, 0.3) is 0 Å². The summed E-state index contributed by atoms with van der Waals surface area (Å²) in [6.07, 6.45) is 4.96. The van der Waals surface area contributed by atoms with Crippen LogP contribution in [0.5, 0.6) is 0 Å². The van der Waals surface area contributed by atoms with E-state index in [1.165, 1.54) is 6.26 Å². The molecular formula is C11H9BrN6O. The second-order valence-corrected chi connectivity index (χ2v) is 4.55. The highest BCUT2D eigenvalue weighted by Gasteiger charge is 2.08. The Morgan fingerprint density at radius 2 is 2.21 bits per heavy atom. The van der Waals surface area contributed by atoms with Gasteiger partial charge in [0.05, 0.1) is 0 Å². The van der Waals surface area contributed by atoms with Crippen molar-refractivity contribution in [3.8, 4) is 11.6 Å². The van der Waals surface area contributed by atoms with Gasteiger partial charge in [0, 0.05) is 25.5 Å². The minimum Gasteiger partial charge on any atom is -0.442 e. The second-order valence-electron chi connectivity index (χ2n) is 3.74. The molecule has 19 heavy (non-hydrogen) atoms. The average molecular weight is 321 g/mol. The van der Waals surface area contributed by atoms with Crippen molar-refractivity contribution in [3.05, 3.63) is 35.4 Å². The van der Waals surface area contributed by atoms with Gasteiger partial charge in [0.15, 0.2) is 5.82 Å². The van der Waals surface area contributed by atoms with Crippen molar-refractivity contribution in [2.45, 2.75) is 0 Å². The van der Waals surface area contributed by atoms with Crippen LogP contribution >= 0.6 is 15.9 Å². The van der Waals surface area contributed by atoms with Crippen LogP contribution in [-0.2, 0) is 7.05 Å². The number of rotatable bonds is 3. The Balaban J connectivity index is 1.87. The lowest BCUT2D eigenvalue weighted by atomic mass is 10.4. The highest BCUT2D eigenvalue weighted by molar-refractivity contribution is 9.10. The quantitative estimate of drug-likeness (QED) is 0.797. The summed E-state index contributed by atoms with van der Waals surface area (Å²) in [4.78, 5) is 12.6. The molecule has 0 spiro atoms. The maximum atomic E-state index is 5.26. The first-order chi connectivity index (χ1) is 9.20. The zero-order chi connectivity index (χ0) is 13.2. The van der Waals surface area contributed by atoms with E-state index in [0.29, 0.717) is 28.0 Å². The first-order valence-electron chi connectivity index (χ1n) is 5.42. The SMILES string of the molecule is Cn1ccc(Nc2nccc(-c3nc(Br)co3)n2)n1. The molecule has 0 aromatic carbocycles. The third-order valence-corrected chi connectivity index (χ3v) is 2.67. The van der Waals surface area contributed by atoms with Crippen LogP contribution in [0.1, 0.15) is 0 Å². The first-order valence-corrected chi connectivity index (χ1v) is 6.21. The zero-order valence-corrected chi connectivity index (χ0v) is 11.5. The van der Waals surface area contributed by atoms with Gasteiger partial charge in [-0.2, -0.15) is 5.10 Å². The van der Waals surface area contributed by atoms with Crippen LogP contribution in [0.15, 0.2) is 39.8 Å². The molecule has 3 aromatic heterocycles. The van der Waals surface area contributed by atoms with Gasteiger partial charge in [0.2, 0.25) is 11.8 Å². The molecule has 0 unspecified atom stereocenters. The molecule has 0 bridgehead atoms. The molecule has 0 atom stereocenters. The van der Waals surface area contributed by atoms with E-state index < -0.39 is 0 Å². The lowest BCUT2D eigenvalue weighted by Gasteiger charge is -2.01. The Labute approximate surface area is 116 Å². The number of halogens is 1. The van der Waals surface area contributed by atoms with Crippen LogP contribution in [0.2, 0.25) is 0 Å². The molecule has 3 heterocycles. The standard InChI is InChI=1S/C11H9BrN6O/c1-18-5-3-9(17-18)16-11-13-4-2-7(14-11)10-15-8(12)6-19-10/h2-6H,1H3,(H,13,14,16,17). The predicted molar refractivity (Wildman–Crippen MR) is 71.7 cm³/mol. The topological polar surface area (TPSA) is 81.7 Å². The normalized spacial score (nSPS) is 10.6. The van der Waals surface area contributed by atoms with Gasteiger partial charge in [-0.05, 0) is 22.0 Å². The molecule has 0 aliphatic heterocycles. The van der Waals surface area contributed by atoms with Gasteiger partial charge in [0.1, 0.15) is 16.6 Å². The van der Waals surface area contributed by atoms with Gasteiger partial charge < -0.3 is 9.73 Å². The zero-order valence-electron chi connectivity index (χ0n) is 9.91. The minimum absolute atomic E-state index is 0.429. The largest absolute Gasteiger partial charge is 0.442 e. The molecule has 96 valence electrons. The van der Waals surface area contributed by atoms with Crippen molar-refractivity contribution in [1.82, 2.24) is 24.7 Å². The van der Waals surface area contributed by atoms with Crippen LogP contribution in [0.3, 0.4) is 0 Å². The van der Waals surface area contributed by atoms with Crippen LogP contribution in [0.25, 0.3) is 11.6 Å². The van der Waals surface area contributed by atoms with Crippen molar-refractivity contribution in [1.29, 1.82) is 0 Å². The van der Waals surface area contributed by atoms with Crippen LogP contribution in [0.4, 0.5) is 11.8 Å². The fraction of sp³-hybridized carbons (Fsp3) is 0.0909. The molecule has 0 saturated carbocycles. The molecule has 3 rings (SSSR count). The van der Waals surface area contributed by atoms with Crippen molar-refractivity contribution < 1.29 is 4.42 Å². The molecule has 0 fully saturated rings. The Morgan fingerprint density at radius 1 is 1.32 bits per heavy atom. The van der Waals surface area contributed by atoms with Crippen molar-refractivity contribution in [3.63, 3.8) is 0 Å². The summed E-state index contributed by atoms with van der Waals surface area (Å²) in [5.41, 5.74) is 0.596. The number of hydrogen-bond acceptors (Lipinski definition) is 6. The number of aromatic nitrogens is 5. The van der Waals surface area contributed by atoms with Gasteiger partial charge in [-0.25, -0.2) is 15.0 Å². The Hall–Kier alpha value is -2.22. The number of anilines is 2. The van der Waals surface area contributed by atoms with E-state index >= 15 is 0 Å². The fourth-order valence-electron chi connectivity index (χ4n) is 1.51. The van der Waals surface area contributed by atoms with Crippen molar-refractivity contribution in [2.75, 3.05) is 5.32 Å². The van der Waals surface area contributed by atoms with E-state index in [2.05, 4.69) is 41.3 Å². The second kappa shape index (κ2) is 4.81. The van der Waals surface area contributed by atoms with Crippen LogP contribution in [0, 0.1) is 0 Å². The average Bonchev–Trinajstić information content (AvgIpc) is 2.99. The summed E-state index contributed by atoms with van der Waals surface area (Å²) >= 11 is 3.23. The Morgan fingerprint density at radius 3 is 2.89 bits per heavy atom. The van der Waals surface area contributed by atoms with E-state index in [9.17, 15) is 0 Å². The molecule has 0 aliphatic carbocycles. The number of nitrogens with zero attached hydrogens (tertiary/aromatic N) is 5. The first kappa shape index (κ1) is 11.8. The molecule has 0 aliphatic rings. The summed E-state index contributed by atoms with van der Waals surface area (Å²) in [6, 6.07) is 3.56. The highest BCUT2D eigenvalue weighted by atomic mass is 79.9. The summed E-state index contributed by atoms with van der Waals surface area (Å²) in [6.45, 7) is 0. The number of aryl methyl sites for hydroxylation is 1. The molecule has 8 heteroatoms. The monoisotopic (exact) mass is 320 g/mol. The summed E-state index contributed by atoms with van der Waals surface area (Å²) in [5, 5.41) is 7.20. The van der Waals surface area contributed by atoms with Gasteiger partial charge in [-0.15, -0.1) is 0 Å². The Kier molecular flexibility index (Phi) is 3.00.